The number of nitrogens with zero attached hydrogens (tertiary/aromatic N) is 2. The SMILES string of the molecule is CCC(C)N(C)c1nc(COC)c(CNCC(C)C)s1. The average molecular weight is 299 g/mol. The van der Waals surface area contributed by atoms with Crippen LogP contribution in [-0.2, 0) is 17.9 Å². The van der Waals surface area contributed by atoms with Crippen LogP contribution >= 0.6 is 11.3 Å². The van der Waals surface area contributed by atoms with Gasteiger partial charge in [0.1, 0.15) is 0 Å². The van der Waals surface area contributed by atoms with Crippen molar-refractivity contribution in [2.75, 3.05) is 25.6 Å². The van der Waals surface area contributed by atoms with Crippen LogP contribution in [0.1, 0.15) is 44.7 Å². The number of hydrogen-bond donors (Lipinski definition) is 1. The second-order valence-corrected chi connectivity index (χ2v) is 6.75. The minimum atomic E-state index is 0.507. The summed E-state index contributed by atoms with van der Waals surface area (Å²) in [5.74, 6) is 0.663. The number of nitrogens with one attached hydrogen (secondary N) is 1. The molecule has 0 fully saturated rings. The molecule has 0 saturated heterocycles. The first-order valence-corrected chi connectivity index (χ1v) is 8.22. The molecule has 0 bridgehead atoms. The molecule has 0 saturated carbocycles. The van der Waals surface area contributed by atoms with E-state index in [1.54, 1.807) is 18.4 Å². The van der Waals surface area contributed by atoms with Gasteiger partial charge in [0, 0.05) is 31.6 Å². The lowest BCUT2D eigenvalue weighted by molar-refractivity contribution is 0.181. The number of anilines is 1. The van der Waals surface area contributed by atoms with E-state index in [-0.39, 0.29) is 0 Å². The van der Waals surface area contributed by atoms with Crippen molar-refractivity contribution in [2.45, 2.75) is 53.3 Å². The largest absolute Gasteiger partial charge is 0.378 e. The molecule has 1 atom stereocenters. The zero-order valence-electron chi connectivity index (χ0n) is 13.7. The van der Waals surface area contributed by atoms with Gasteiger partial charge in [0.15, 0.2) is 5.13 Å². The van der Waals surface area contributed by atoms with Gasteiger partial charge in [-0.2, -0.15) is 0 Å². The average Bonchev–Trinajstić information content (AvgIpc) is 2.80. The zero-order valence-corrected chi connectivity index (χ0v) is 14.5. The first-order valence-electron chi connectivity index (χ1n) is 7.40. The van der Waals surface area contributed by atoms with Gasteiger partial charge < -0.3 is 15.0 Å². The maximum absolute atomic E-state index is 5.27. The summed E-state index contributed by atoms with van der Waals surface area (Å²) >= 11 is 1.78. The van der Waals surface area contributed by atoms with Crippen molar-refractivity contribution in [1.29, 1.82) is 0 Å². The number of hydrogen-bond acceptors (Lipinski definition) is 5. The summed E-state index contributed by atoms with van der Waals surface area (Å²) in [6, 6.07) is 0.507. The summed E-state index contributed by atoms with van der Waals surface area (Å²) in [4.78, 5) is 8.30. The fourth-order valence-electron chi connectivity index (χ4n) is 1.84. The van der Waals surface area contributed by atoms with Crippen LogP contribution in [0.4, 0.5) is 5.13 Å². The molecule has 5 heteroatoms. The van der Waals surface area contributed by atoms with E-state index in [1.807, 2.05) is 0 Å². The molecule has 4 nitrogen and oxygen atoms in total. The van der Waals surface area contributed by atoms with Crippen molar-refractivity contribution in [3.05, 3.63) is 10.6 Å². The Labute approximate surface area is 127 Å². The minimum absolute atomic E-state index is 0.507. The van der Waals surface area contributed by atoms with Gasteiger partial charge in [-0.05, 0) is 25.8 Å². The molecule has 116 valence electrons. The van der Waals surface area contributed by atoms with E-state index >= 15 is 0 Å². The van der Waals surface area contributed by atoms with Crippen LogP contribution in [0.25, 0.3) is 0 Å². The van der Waals surface area contributed by atoms with Crippen molar-refractivity contribution in [1.82, 2.24) is 10.3 Å². The standard InChI is InChI=1S/C15H29N3OS/c1-7-12(4)18(5)15-17-13(10-19-6)14(20-15)9-16-8-11(2)3/h11-12,16H,7-10H2,1-6H3. The third-order valence-corrected chi connectivity index (χ3v) is 4.63. The van der Waals surface area contributed by atoms with Gasteiger partial charge >= 0.3 is 0 Å². The molecule has 1 aromatic heterocycles. The number of ether oxygens (including phenoxy) is 1. The van der Waals surface area contributed by atoms with Crippen molar-refractivity contribution in [3.8, 4) is 0 Å². The molecule has 0 radical (unpaired) electrons. The van der Waals surface area contributed by atoms with Gasteiger partial charge in [0.25, 0.3) is 0 Å². The fraction of sp³-hybridized carbons (Fsp3) is 0.800. The Morgan fingerprint density at radius 1 is 1.35 bits per heavy atom. The summed E-state index contributed by atoms with van der Waals surface area (Å²) in [6.07, 6.45) is 1.12. The summed E-state index contributed by atoms with van der Waals surface area (Å²) in [7, 11) is 3.84. The molecular weight excluding hydrogens is 270 g/mol. The third kappa shape index (κ3) is 5.04. The maximum atomic E-state index is 5.27. The van der Waals surface area contributed by atoms with Crippen LogP contribution in [0.5, 0.6) is 0 Å². The van der Waals surface area contributed by atoms with Gasteiger partial charge in [0.05, 0.1) is 12.3 Å². The monoisotopic (exact) mass is 299 g/mol. The van der Waals surface area contributed by atoms with E-state index in [4.69, 9.17) is 9.72 Å². The van der Waals surface area contributed by atoms with Crippen LogP contribution in [0.3, 0.4) is 0 Å². The van der Waals surface area contributed by atoms with Gasteiger partial charge in [-0.15, -0.1) is 11.3 Å². The highest BCUT2D eigenvalue weighted by Gasteiger charge is 2.16. The van der Waals surface area contributed by atoms with E-state index in [2.05, 4.69) is 45.0 Å². The quantitative estimate of drug-likeness (QED) is 0.759. The van der Waals surface area contributed by atoms with E-state index in [0.29, 0.717) is 18.6 Å². The molecule has 1 unspecified atom stereocenters. The molecule has 1 N–H and O–H groups in total. The highest BCUT2D eigenvalue weighted by Crippen LogP contribution is 2.28. The number of thiazole rings is 1. The summed E-state index contributed by atoms with van der Waals surface area (Å²) in [6.45, 7) is 11.4. The van der Waals surface area contributed by atoms with E-state index < -0.39 is 0 Å². The summed E-state index contributed by atoms with van der Waals surface area (Å²) < 4.78 is 5.27. The molecule has 20 heavy (non-hydrogen) atoms. The Kier molecular flexibility index (Phi) is 7.48. The Morgan fingerprint density at radius 2 is 2.05 bits per heavy atom. The molecule has 1 rings (SSSR count). The van der Waals surface area contributed by atoms with Crippen LogP contribution < -0.4 is 10.2 Å². The lowest BCUT2D eigenvalue weighted by Gasteiger charge is -2.22. The van der Waals surface area contributed by atoms with Gasteiger partial charge in [-0.1, -0.05) is 20.8 Å². The normalized spacial score (nSPS) is 12.9. The van der Waals surface area contributed by atoms with E-state index in [0.717, 1.165) is 30.3 Å². The van der Waals surface area contributed by atoms with Gasteiger partial charge in [-0.3, -0.25) is 0 Å². The molecule has 0 aliphatic heterocycles. The molecule has 0 aromatic carbocycles. The molecule has 1 aromatic rings. The predicted octanol–water partition coefficient (Wildman–Crippen LogP) is 3.27. The van der Waals surface area contributed by atoms with Crippen molar-refractivity contribution >= 4 is 16.5 Å². The Hall–Kier alpha value is -0.650. The van der Waals surface area contributed by atoms with Crippen LogP contribution in [-0.4, -0.2) is 31.7 Å². The maximum Gasteiger partial charge on any atom is 0.185 e. The van der Waals surface area contributed by atoms with E-state index in [1.165, 1.54) is 4.88 Å². The zero-order chi connectivity index (χ0) is 15.1. The number of rotatable bonds is 9. The summed E-state index contributed by atoms with van der Waals surface area (Å²) in [5.41, 5.74) is 1.07. The molecule has 1 heterocycles. The predicted molar refractivity (Wildman–Crippen MR) is 87.5 cm³/mol. The lowest BCUT2D eigenvalue weighted by Crippen LogP contribution is -2.27. The van der Waals surface area contributed by atoms with Gasteiger partial charge in [0.2, 0.25) is 0 Å². The second-order valence-electron chi connectivity index (χ2n) is 5.69. The van der Waals surface area contributed by atoms with Crippen LogP contribution in [0.2, 0.25) is 0 Å². The molecule has 0 aliphatic rings. The first kappa shape index (κ1) is 17.4. The van der Waals surface area contributed by atoms with Crippen molar-refractivity contribution in [2.24, 2.45) is 5.92 Å². The number of methoxy groups -OCH3 is 1. The molecular formula is C15H29N3OS. The van der Waals surface area contributed by atoms with Crippen LogP contribution in [0.15, 0.2) is 0 Å². The Balaban J connectivity index is 2.78. The highest BCUT2D eigenvalue weighted by molar-refractivity contribution is 7.15. The van der Waals surface area contributed by atoms with Crippen LogP contribution in [0, 0.1) is 5.92 Å². The van der Waals surface area contributed by atoms with E-state index in [9.17, 15) is 0 Å². The van der Waals surface area contributed by atoms with Crippen molar-refractivity contribution in [3.63, 3.8) is 0 Å². The molecule has 0 spiro atoms. The summed E-state index contributed by atoms with van der Waals surface area (Å²) in [5, 5.41) is 4.58. The highest BCUT2D eigenvalue weighted by atomic mass is 32.1. The Bertz CT molecular complexity index is 392. The third-order valence-electron chi connectivity index (χ3n) is 3.44. The second kappa shape index (κ2) is 8.60. The lowest BCUT2D eigenvalue weighted by atomic mass is 10.2. The smallest absolute Gasteiger partial charge is 0.185 e. The van der Waals surface area contributed by atoms with Gasteiger partial charge in [-0.25, -0.2) is 4.98 Å². The van der Waals surface area contributed by atoms with Crippen molar-refractivity contribution < 1.29 is 4.74 Å². The first-order chi connectivity index (χ1) is 9.49. The topological polar surface area (TPSA) is 37.4 Å². The fourth-order valence-corrected chi connectivity index (χ4v) is 2.94. The Morgan fingerprint density at radius 3 is 2.60 bits per heavy atom. The molecule has 0 aliphatic carbocycles. The molecule has 0 amide bonds. The number of aromatic nitrogens is 1. The minimum Gasteiger partial charge on any atom is -0.378 e.